The second kappa shape index (κ2) is 6.88. The molecule has 0 unspecified atom stereocenters. The number of carboxylic acid groups (broad SMARTS) is 1. The molecule has 2 atom stereocenters. The highest BCUT2D eigenvalue weighted by atomic mass is 79.9. The van der Waals surface area contributed by atoms with Crippen molar-refractivity contribution in [3.8, 4) is 0 Å². The van der Waals surface area contributed by atoms with Crippen LogP contribution >= 0.6 is 15.9 Å². The zero-order chi connectivity index (χ0) is 14.5. The lowest BCUT2D eigenvalue weighted by Gasteiger charge is -2.17. The van der Waals surface area contributed by atoms with Gasteiger partial charge < -0.3 is 10.4 Å². The molecule has 1 aromatic rings. The van der Waals surface area contributed by atoms with Gasteiger partial charge in [0.1, 0.15) is 0 Å². The third-order valence-electron chi connectivity index (χ3n) is 3.71. The van der Waals surface area contributed by atoms with E-state index in [0.29, 0.717) is 19.3 Å². The number of amides is 1. The zero-order valence-electron chi connectivity index (χ0n) is 11.1. The molecule has 1 aliphatic carbocycles. The molecule has 0 aliphatic heterocycles. The van der Waals surface area contributed by atoms with Crippen LogP contribution in [0.5, 0.6) is 0 Å². The lowest BCUT2D eigenvalue weighted by atomic mass is 10.0. The van der Waals surface area contributed by atoms with Gasteiger partial charge in [-0.25, -0.2) is 0 Å². The zero-order valence-corrected chi connectivity index (χ0v) is 12.7. The Bertz CT molecular complexity index is 504. The Morgan fingerprint density at radius 1 is 1.35 bits per heavy atom. The van der Waals surface area contributed by atoms with Gasteiger partial charge in [-0.1, -0.05) is 34.5 Å². The van der Waals surface area contributed by atoms with E-state index < -0.39 is 11.9 Å². The standard InChI is InChI=1S/C15H18BrNO3/c16-11-4-1-3-10(9-11)7-8-14(18)17-13-6-2-5-12(13)15(19)20/h1,3-4,9,12-13H,2,5-8H2,(H,17,18)(H,19,20)/t12-,13+/m1/s1. The predicted molar refractivity (Wildman–Crippen MR) is 79.4 cm³/mol. The molecule has 20 heavy (non-hydrogen) atoms. The topological polar surface area (TPSA) is 66.4 Å². The maximum Gasteiger partial charge on any atom is 0.308 e. The molecule has 0 radical (unpaired) electrons. The fraction of sp³-hybridized carbons (Fsp3) is 0.467. The molecule has 0 spiro atoms. The molecule has 1 fully saturated rings. The summed E-state index contributed by atoms with van der Waals surface area (Å²) >= 11 is 3.40. The van der Waals surface area contributed by atoms with Crippen LogP contribution in [0.3, 0.4) is 0 Å². The number of hydrogen-bond acceptors (Lipinski definition) is 2. The van der Waals surface area contributed by atoms with Crippen LogP contribution < -0.4 is 5.32 Å². The Balaban J connectivity index is 1.82. The van der Waals surface area contributed by atoms with Crippen LogP contribution in [0.15, 0.2) is 28.7 Å². The third-order valence-corrected chi connectivity index (χ3v) is 4.20. The quantitative estimate of drug-likeness (QED) is 0.866. The molecule has 2 N–H and O–H groups in total. The molecule has 108 valence electrons. The van der Waals surface area contributed by atoms with Gasteiger partial charge in [0.15, 0.2) is 0 Å². The molecular formula is C15H18BrNO3. The van der Waals surface area contributed by atoms with E-state index in [4.69, 9.17) is 5.11 Å². The maximum atomic E-state index is 11.9. The first-order chi connectivity index (χ1) is 9.56. The van der Waals surface area contributed by atoms with E-state index >= 15 is 0 Å². The average Bonchev–Trinajstić information content (AvgIpc) is 2.85. The van der Waals surface area contributed by atoms with Crippen molar-refractivity contribution in [2.45, 2.75) is 38.1 Å². The number of aliphatic carboxylic acids is 1. The van der Waals surface area contributed by atoms with Crippen molar-refractivity contribution in [2.75, 3.05) is 0 Å². The van der Waals surface area contributed by atoms with E-state index in [1.807, 2.05) is 24.3 Å². The Hall–Kier alpha value is -1.36. The van der Waals surface area contributed by atoms with Crippen LogP contribution in [0.25, 0.3) is 0 Å². The van der Waals surface area contributed by atoms with Crippen molar-refractivity contribution in [3.63, 3.8) is 0 Å². The molecule has 1 saturated carbocycles. The van der Waals surface area contributed by atoms with Gasteiger partial charge in [0.25, 0.3) is 0 Å². The van der Waals surface area contributed by atoms with Crippen molar-refractivity contribution in [1.29, 1.82) is 0 Å². The second-order valence-electron chi connectivity index (χ2n) is 5.18. The Morgan fingerprint density at radius 3 is 2.85 bits per heavy atom. The molecule has 4 nitrogen and oxygen atoms in total. The Kier molecular flexibility index (Phi) is 5.17. The predicted octanol–water partition coefficient (Wildman–Crippen LogP) is 2.75. The summed E-state index contributed by atoms with van der Waals surface area (Å²) in [6.07, 6.45) is 3.34. The SMILES string of the molecule is O=C(CCc1cccc(Br)c1)N[C@H]1CCC[C@H]1C(=O)O. The molecule has 0 bridgehead atoms. The van der Waals surface area contributed by atoms with Crippen LogP contribution in [0.2, 0.25) is 0 Å². The van der Waals surface area contributed by atoms with Gasteiger partial charge in [-0.2, -0.15) is 0 Å². The Labute approximate surface area is 126 Å². The molecule has 0 heterocycles. The first kappa shape index (κ1) is 15.0. The van der Waals surface area contributed by atoms with Gasteiger partial charge in [-0.15, -0.1) is 0 Å². The lowest BCUT2D eigenvalue weighted by Crippen LogP contribution is -2.40. The first-order valence-corrected chi connectivity index (χ1v) is 7.62. The largest absolute Gasteiger partial charge is 0.481 e. The molecule has 5 heteroatoms. The monoisotopic (exact) mass is 339 g/mol. The first-order valence-electron chi connectivity index (χ1n) is 6.83. The van der Waals surface area contributed by atoms with Crippen LogP contribution in [0, 0.1) is 5.92 Å². The smallest absolute Gasteiger partial charge is 0.308 e. The van der Waals surface area contributed by atoms with Crippen molar-refractivity contribution >= 4 is 27.8 Å². The number of carbonyl (C=O) groups is 2. The minimum atomic E-state index is -0.806. The van der Waals surface area contributed by atoms with E-state index in [1.165, 1.54) is 0 Å². The summed E-state index contributed by atoms with van der Waals surface area (Å²) in [6, 6.07) is 7.65. The minimum Gasteiger partial charge on any atom is -0.481 e. The lowest BCUT2D eigenvalue weighted by molar-refractivity contribution is -0.142. The van der Waals surface area contributed by atoms with Crippen molar-refractivity contribution in [1.82, 2.24) is 5.32 Å². The van der Waals surface area contributed by atoms with Gasteiger partial charge in [0.05, 0.1) is 5.92 Å². The number of aryl methyl sites for hydroxylation is 1. The molecule has 1 aliphatic rings. The number of carbonyl (C=O) groups excluding carboxylic acids is 1. The van der Waals surface area contributed by atoms with Crippen LogP contribution in [-0.4, -0.2) is 23.0 Å². The summed E-state index contributed by atoms with van der Waals surface area (Å²) in [4.78, 5) is 23.0. The molecular weight excluding hydrogens is 322 g/mol. The van der Waals surface area contributed by atoms with E-state index in [1.54, 1.807) is 0 Å². The molecule has 0 saturated heterocycles. The third kappa shape index (κ3) is 4.07. The Morgan fingerprint density at radius 2 is 2.15 bits per heavy atom. The number of hydrogen-bond donors (Lipinski definition) is 2. The average molecular weight is 340 g/mol. The maximum absolute atomic E-state index is 11.9. The number of benzene rings is 1. The van der Waals surface area contributed by atoms with E-state index in [-0.39, 0.29) is 11.9 Å². The van der Waals surface area contributed by atoms with Crippen LogP contribution in [0.1, 0.15) is 31.2 Å². The summed E-state index contributed by atoms with van der Waals surface area (Å²) in [6.45, 7) is 0. The van der Waals surface area contributed by atoms with E-state index in [0.717, 1.165) is 22.9 Å². The summed E-state index contributed by atoms with van der Waals surface area (Å²) < 4.78 is 0.997. The number of rotatable bonds is 5. The van der Waals surface area contributed by atoms with Gasteiger partial charge in [0.2, 0.25) is 5.91 Å². The number of halogens is 1. The van der Waals surface area contributed by atoms with Crippen LogP contribution in [0.4, 0.5) is 0 Å². The summed E-state index contributed by atoms with van der Waals surface area (Å²) in [5.41, 5.74) is 1.09. The van der Waals surface area contributed by atoms with Gasteiger partial charge in [-0.3, -0.25) is 9.59 Å². The molecule has 0 aromatic heterocycles. The van der Waals surface area contributed by atoms with E-state index in [9.17, 15) is 9.59 Å². The van der Waals surface area contributed by atoms with Gasteiger partial charge >= 0.3 is 5.97 Å². The fourth-order valence-corrected chi connectivity index (χ4v) is 3.10. The molecule has 2 rings (SSSR count). The summed E-state index contributed by atoms with van der Waals surface area (Å²) in [5.74, 6) is -1.30. The van der Waals surface area contributed by atoms with Crippen LogP contribution in [-0.2, 0) is 16.0 Å². The number of nitrogens with one attached hydrogen (secondary N) is 1. The highest BCUT2D eigenvalue weighted by Gasteiger charge is 2.33. The fourth-order valence-electron chi connectivity index (χ4n) is 2.66. The normalized spacial score (nSPS) is 21.6. The minimum absolute atomic E-state index is 0.0666. The van der Waals surface area contributed by atoms with Gasteiger partial charge in [-0.05, 0) is 37.0 Å². The summed E-state index contributed by atoms with van der Waals surface area (Å²) in [5, 5.41) is 11.9. The highest BCUT2D eigenvalue weighted by Crippen LogP contribution is 2.25. The molecule has 1 amide bonds. The van der Waals surface area contributed by atoms with Crippen molar-refractivity contribution < 1.29 is 14.7 Å². The summed E-state index contributed by atoms with van der Waals surface area (Å²) in [7, 11) is 0. The van der Waals surface area contributed by atoms with E-state index in [2.05, 4.69) is 21.2 Å². The van der Waals surface area contributed by atoms with Crippen molar-refractivity contribution in [3.05, 3.63) is 34.3 Å². The second-order valence-corrected chi connectivity index (χ2v) is 6.10. The highest BCUT2D eigenvalue weighted by molar-refractivity contribution is 9.10. The molecule has 1 aromatic carbocycles. The number of carboxylic acids is 1. The van der Waals surface area contributed by atoms with Crippen molar-refractivity contribution in [2.24, 2.45) is 5.92 Å². The van der Waals surface area contributed by atoms with Gasteiger partial charge in [0, 0.05) is 16.9 Å².